The average Bonchev–Trinajstić information content (AvgIpc) is 3.42. The Morgan fingerprint density at radius 2 is 1.97 bits per heavy atom. The number of amides is 1. The van der Waals surface area contributed by atoms with Crippen LogP contribution in [0.5, 0.6) is 0 Å². The van der Waals surface area contributed by atoms with Gasteiger partial charge in [0, 0.05) is 37.7 Å². The van der Waals surface area contributed by atoms with Gasteiger partial charge in [0.1, 0.15) is 0 Å². The lowest BCUT2D eigenvalue weighted by atomic mass is 10.00. The lowest BCUT2D eigenvalue weighted by molar-refractivity contribution is 0.0787. The summed E-state index contributed by atoms with van der Waals surface area (Å²) in [5.41, 5.74) is 0.925. The van der Waals surface area contributed by atoms with Crippen LogP contribution in [-0.4, -0.2) is 64.7 Å². The highest BCUT2D eigenvalue weighted by atomic mass is 35.5. The van der Waals surface area contributed by atoms with Gasteiger partial charge in [0.2, 0.25) is 10.0 Å². The molecule has 3 heterocycles. The Bertz CT molecular complexity index is 1030. The molecular formula is C20H26ClN5O3S. The Hall–Kier alpha value is -1.97. The van der Waals surface area contributed by atoms with Gasteiger partial charge in [-0.2, -0.15) is 4.31 Å². The van der Waals surface area contributed by atoms with Crippen LogP contribution in [-0.2, 0) is 16.6 Å². The minimum Gasteiger partial charge on any atom is -0.337 e. The first kappa shape index (κ1) is 21.3. The van der Waals surface area contributed by atoms with Crippen LogP contribution in [0.2, 0.25) is 5.02 Å². The molecule has 1 amide bonds. The second-order valence-electron chi connectivity index (χ2n) is 8.06. The van der Waals surface area contributed by atoms with E-state index in [9.17, 15) is 13.2 Å². The van der Waals surface area contributed by atoms with Gasteiger partial charge in [-0.05, 0) is 56.2 Å². The summed E-state index contributed by atoms with van der Waals surface area (Å²) in [7, 11) is -3.62. The summed E-state index contributed by atoms with van der Waals surface area (Å²) >= 11 is 6.14. The highest BCUT2D eigenvalue weighted by Gasteiger charge is 2.32. The molecule has 8 nitrogen and oxygen atoms in total. The molecule has 0 saturated carbocycles. The van der Waals surface area contributed by atoms with Gasteiger partial charge in [0.15, 0.2) is 5.69 Å². The Balaban J connectivity index is 1.44. The fourth-order valence-electron chi connectivity index (χ4n) is 4.23. The van der Waals surface area contributed by atoms with Crippen LogP contribution in [0, 0.1) is 12.8 Å². The first-order valence-electron chi connectivity index (χ1n) is 10.3. The van der Waals surface area contributed by atoms with E-state index in [0.717, 1.165) is 38.8 Å². The second kappa shape index (κ2) is 8.64. The summed E-state index contributed by atoms with van der Waals surface area (Å²) in [6.45, 7) is 4.68. The van der Waals surface area contributed by atoms with Crippen molar-refractivity contribution in [2.24, 2.45) is 5.92 Å². The SMILES string of the molecule is Cc1c(Cl)cccc1S(=O)(=O)N1CCC[C@@H](Cn2cc(C(=O)N3CCCC3)nn2)C1. The zero-order valence-corrected chi connectivity index (χ0v) is 18.6. The van der Waals surface area contributed by atoms with Gasteiger partial charge in [0.25, 0.3) is 5.91 Å². The third kappa shape index (κ3) is 4.24. The molecule has 30 heavy (non-hydrogen) atoms. The van der Waals surface area contributed by atoms with Crippen molar-refractivity contribution >= 4 is 27.5 Å². The zero-order valence-electron chi connectivity index (χ0n) is 17.0. The molecule has 2 aliphatic heterocycles. The van der Waals surface area contributed by atoms with Crippen molar-refractivity contribution < 1.29 is 13.2 Å². The van der Waals surface area contributed by atoms with Crippen molar-refractivity contribution in [1.82, 2.24) is 24.2 Å². The molecule has 1 aromatic carbocycles. The van der Waals surface area contributed by atoms with E-state index in [4.69, 9.17) is 11.6 Å². The molecule has 0 N–H and O–H groups in total. The maximum atomic E-state index is 13.2. The molecule has 2 fully saturated rings. The van der Waals surface area contributed by atoms with Gasteiger partial charge in [-0.3, -0.25) is 9.48 Å². The molecule has 0 radical (unpaired) electrons. The molecule has 2 saturated heterocycles. The van der Waals surface area contributed by atoms with E-state index in [-0.39, 0.29) is 16.7 Å². The smallest absolute Gasteiger partial charge is 0.276 e. The molecule has 0 spiro atoms. The number of likely N-dealkylation sites (tertiary alicyclic amines) is 1. The number of carbonyl (C=O) groups excluding carboxylic acids is 1. The first-order chi connectivity index (χ1) is 14.4. The predicted molar refractivity (Wildman–Crippen MR) is 113 cm³/mol. The molecule has 2 aliphatic rings. The van der Waals surface area contributed by atoms with Crippen LogP contribution in [0.1, 0.15) is 41.7 Å². The Labute approximate surface area is 181 Å². The summed E-state index contributed by atoms with van der Waals surface area (Å²) in [6.07, 6.45) is 5.40. The first-order valence-corrected chi connectivity index (χ1v) is 12.1. The second-order valence-corrected chi connectivity index (χ2v) is 10.4. The lowest BCUT2D eigenvalue weighted by Crippen LogP contribution is -2.41. The highest BCUT2D eigenvalue weighted by Crippen LogP contribution is 2.29. The van der Waals surface area contributed by atoms with Gasteiger partial charge in [0.05, 0.1) is 11.1 Å². The summed E-state index contributed by atoms with van der Waals surface area (Å²) in [5, 5.41) is 8.59. The number of halogens is 1. The average molecular weight is 452 g/mol. The summed E-state index contributed by atoms with van der Waals surface area (Å²) in [6, 6.07) is 4.96. The molecule has 4 rings (SSSR count). The Morgan fingerprint density at radius 1 is 1.20 bits per heavy atom. The number of carbonyl (C=O) groups is 1. The van der Waals surface area contributed by atoms with Crippen LogP contribution in [0.3, 0.4) is 0 Å². The van der Waals surface area contributed by atoms with E-state index in [2.05, 4.69) is 10.3 Å². The number of rotatable bonds is 5. The van der Waals surface area contributed by atoms with Crippen LogP contribution in [0.15, 0.2) is 29.3 Å². The zero-order chi connectivity index (χ0) is 21.3. The van der Waals surface area contributed by atoms with Crippen LogP contribution < -0.4 is 0 Å². The summed E-state index contributed by atoms with van der Waals surface area (Å²) in [4.78, 5) is 14.5. The molecule has 10 heteroatoms. The number of nitrogens with zero attached hydrogens (tertiary/aromatic N) is 5. The number of benzene rings is 1. The lowest BCUT2D eigenvalue weighted by Gasteiger charge is -2.32. The minimum atomic E-state index is -3.62. The van der Waals surface area contributed by atoms with Gasteiger partial charge < -0.3 is 4.90 Å². The molecule has 0 unspecified atom stereocenters. The van der Waals surface area contributed by atoms with E-state index in [1.807, 2.05) is 0 Å². The van der Waals surface area contributed by atoms with Crippen molar-refractivity contribution in [2.75, 3.05) is 26.2 Å². The number of sulfonamides is 1. The molecule has 162 valence electrons. The number of hydrogen-bond acceptors (Lipinski definition) is 5. The normalized spacial score (nSPS) is 20.6. The van der Waals surface area contributed by atoms with E-state index in [0.29, 0.717) is 35.9 Å². The van der Waals surface area contributed by atoms with E-state index >= 15 is 0 Å². The Morgan fingerprint density at radius 3 is 2.73 bits per heavy atom. The predicted octanol–water partition coefficient (Wildman–Crippen LogP) is 2.58. The summed E-state index contributed by atoms with van der Waals surface area (Å²) < 4.78 is 29.6. The fourth-order valence-corrected chi connectivity index (χ4v) is 6.27. The number of aromatic nitrogens is 3. The van der Waals surface area contributed by atoms with Crippen molar-refractivity contribution in [3.63, 3.8) is 0 Å². The Kier molecular flexibility index (Phi) is 6.13. The number of piperidine rings is 1. The van der Waals surface area contributed by atoms with Crippen molar-refractivity contribution in [2.45, 2.75) is 44.0 Å². The van der Waals surface area contributed by atoms with Crippen LogP contribution >= 0.6 is 11.6 Å². The largest absolute Gasteiger partial charge is 0.337 e. The van der Waals surface area contributed by atoms with E-state index in [1.54, 1.807) is 40.9 Å². The highest BCUT2D eigenvalue weighted by molar-refractivity contribution is 7.89. The van der Waals surface area contributed by atoms with Crippen molar-refractivity contribution in [3.05, 3.63) is 40.7 Å². The third-order valence-corrected chi connectivity index (χ3v) is 8.33. The minimum absolute atomic E-state index is 0.0805. The maximum Gasteiger partial charge on any atom is 0.276 e. The maximum absolute atomic E-state index is 13.2. The quantitative estimate of drug-likeness (QED) is 0.697. The van der Waals surface area contributed by atoms with Gasteiger partial charge in [-0.15, -0.1) is 5.10 Å². The topological polar surface area (TPSA) is 88.4 Å². The third-order valence-electron chi connectivity index (χ3n) is 5.91. The molecule has 1 aromatic heterocycles. The summed E-state index contributed by atoms with van der Waals surface area (Å²) in [5.74, 6) is 0.0208. The standard InChI is InChI=1S/C20H26ClN5O3S/c1-15-17(21)7-4-8-19(15)30(28,29)26-11-5-6-16(13-26)12-25-14-18(22-23-25)20(27)24-9-2-3-10-24/h4,7-8,14,16H,2-3,5-6,9-13H2,1H3/t16-/m0/s1. The number of hydrogen-bond donors (Lipinski definition) is 0. The fraction of sp³-hybridized carbons (Fsp3) is 0.550. The van der Waals surface area contributed by atoms with Crippen LogP contribution in [0.4, 0.5) is 0 Å². The van der Waals surface area contributed by atoms with E-state index in [1.165, 1.54) is 4.31 Å². The van der Waals surface area contributed by atoms with Gasteiger partial charge in [-0.1, -0.05) is 22.9 Å². The van der Waals surface area contributed by atoms with Crippen molar-refractivity contribution in [1.29, 1.82) is 0 Å². The van der Waals surface area contributed by atoms with Crippen molar-refractivity contribution in [3.8, 4) is 0 Å². The molecular weight excluding hydrogens is 426 g/mol. The monoisotopic (exact) mass is 451 g/mol. The van der Waals surface area contributed by atoms with E-state index < -0.39 is 10.0 Å². The molecule has 2 aromatic rings. The van der Waals surface area contributed by atoms with Crippen LogP contribution in [0.25, 0.3) is 0 Å². The molecule has 1 atom stereocenters. The molecule has 0 aliphatic carbocycles. The molecule has 0 bridgehead atoms. The van der Waals surface area contributed by atoms with Gasteiger partial charge >= 0.3 is 0 Å². The van der Waals surface area contributed by atoms with Gasteiger partial charge in [-0.25, -0.2) is 8.42 Å².